The molecule has 0 bridgehead atoms. The monoisotopic (exact) mass is 340 g/mol. The molecule has 0 saturated heterocycles. The van der Waals surface area contributed by atoms with Gasteiger partial charge in [-0.25, -0.2) is 8.42 Å². The van der Waals surface area contributed by atoms with Gasteiger partial charge in [-0.15, -0.1) is 0 Å². The van der Waals surface area contributed by atoms with Gasteiger partial charge >= 0.3 is 0 Å². The molecule has 6 heteroatoms. The summed E-state index contributed by atoms with van der Waals surface area (Å²) in [6.07, 6.45) is 2.02. The predicted molar refractivity (Wildman–Crippen MR) is 95.6 cm³/mol. The third kappa shape index (κ3) is 4.70. The van der Waals surface area contributed by atoms with Gasteiger partial charge < -0.3 is 4.90 Å². The molecule has 0 N–H and O–H groups in total. The molecule has 0 heterocycles. The quantitative estimate of drug-likeness (QED) is 0.799. The van der Waals surface area contributed by atoms with E-state index < -0.39 is 10.0 Å². The minimum atomic E-state index is -3.37. The number of nitrogens with zero attached hydrogens (tertiary/aromatic N) is 2. The maximum Gasteiger partial charge on any atom is 0.253 e. The zero-order chi connectivity index (χ0) is 17.9. The molecule has 0 fully saturated rings. The van der Waals surface area contributed by atoms with Crippen LogP contribution in [-0.2, 0) is 10.0 Å². The molecular weight excluding hydrogens is 312 g/mol. The van der Waals surface area contributed by atoms with Crippen molar-refractivity contribution in [2.75, 3.05) is 24.7 Å². The zero-order valence-electron chi connectivity index (χ0n) is 15.1. The summed E-state index contributed by atoms with van der Waals surface area (Å²) in [4.78, 5) is 14.4. The van der Waals surface area contributed by atoms with Crippen molar-refractivity contribution < 1.29 is 13.2 Å². The average Bonchev–Trinajstić information content (AvgIpc) is 2.50. The molecule has 0 aromatic heterocycles. The van der Waals surface area contributed by atoms with Gasteiger partial charge in [0, 0.05) is 25.7 Å². The number of sulfonamides is 1. The van der Waals surface area contributed by atoms with E-state index >= 15 is 0 Å². The number of anilines is 1. The van der Waals surface area contributed by atoms with Crippen LogP contribution in [0.15, 0.2) is 18.2 Å². The van der Waals surface area contributed by atoms with Crippen LogP contribution in [0.4, 0.5) is 5.69 Å². The molecule has 0 spiro atoms. The Morgan fingerprint density at radius 1 is 1.13 bits per heavy atom. The van der Waals surface area contributed by atoms with Crippen molar-refractivity contribution in [2.24, 2.45) is 0 Å². The summed E-state index contributed by atoms with van der Waals surface area (Å²) in [5.41, 5.74) is 1.98. The van der Waals surface area contributed by atoms with Gasteiger partial charge in [0.05, 0.1) is 11.9 Å². The summed E-state index contributed by atoms with van der Waals surface area (Å²) >= 11 is 0. The Kier molecular flexibility index (Phi) is 6.22. The fourth-order valence-corrected chi connectivity index (χ4v) is 2.63. The van der Waals surface area contributed by atoms with E-state index in [-0.39, 0.29) is 17.9 Å². The highest BCUT2D eigenvalue weighted by Gasteiger charge is 2.20. The van der Waals surface area contributed by atoms with Crippen LogP contribution in [-0.4, -0.2) is 45.6 Å². The van der Waals surface area contributed by atoms with Gasteiger partial charge in [0.15, 0.2) is 0 Å². The van der Waals surface area contributed by atoms with E-state index in [1.165, 1.54) is 11.4 Å². The van der Waals surface area contributed by atoms with E-state index in [9.17, 15) is 13.2 Å². The van der Waals surface area contributed by atoms with Crippen LogP contribution < -0.4 is 4.31 Å². The van der Waals surface area contributed by atoms with E-state index in [0.29, 0.717) is 11.3 Å². The molecule has 0 radical (unpaired) electrons. The Hall–Kier alpha value is -1.56. The smallest absolute Gasteiger partial charge is 0.253 e. The molecule has 23 heavy (non-hydrogen) atoms. The van der Waals surface area contributed by atoms with Gasteiger partial charge in [0.25, 0.3) is 5.91 Å². The standard InChI is InChI=1S/C17H28N2O3S/c1-8-13(4)18(5)17(20)15-9-14(12(2)3)10-16(11-15)19(6)23(7,21)22/h9-13H,8H2,1-7H3. The van der Waals surface area contributed by atoms with Crippen molar-refractivity contribution in [2.45, 2.75) is 46.1 Å². The van der Waals surface area contributed by atoms with Gasteiger partial charge in [-0.3, -0.25) is 9.10 Å². The second-order valence-corrected chi connectivity index (χ2v) is 8.39. The highest BCUT2D eigenvalue weighted by atomic mass is 32.2. The molecule has 1 aromatic carbocycles. The number of amides is 1. The van der Waals surface area contributed by atoms with Gasteiger partial charge in [0.1, 0.15) is 0 Å². The lowest BCUT2D eigenvalue weighted by Crippen LogP contribution is -2.35. The van der Waals surface area contributed by atoms with Crippen molar-refractivity contribution >= 4 is 21.6 Å². The minimum absolute atomic E-state index is 0.0926. The van der Waals surface area contributed by atoms with E-state index in [0.717, 1.165) is 18.2 Å². The Morgan fingerprint density at radius 2 is 1.70 bits per heavy atom. The number of hydrogen-bond donors (Lipinski definition) is 0. The first kappa shape index (κ1) is 19.5. The summed E-state index contributed by atoms with van der Waals surface area (Å²) < 4.78 is 24.8. The molecule has 0 saturated carbocycles. The molecule has 130 valence electrons. The molecule has 0 aliphatic carbocycles. The molecule has 0 aliphatic rings. The molecule has 5 nitrogen and oxygen atoms in total. The van der Waals surface area contributed by atoms with Crippen LogP contribution in [0.3, 0.4) is 0 Å². The van der Waals surface area contributed by atoms with Crippen molar-refractivity contribution in [3.8, 4) is 0 Å². The first-order chi connectivity index (χ1) is 10.5. The first-order valence-electron chi connectivity index (χ1n) is 7.85. The van der Waals surface area contributed by atoms with Gasteiger partial charge in [0.2, 0.25) is 10.0 Å². The highest BCUT2D eigenvalue weighted by Crippen LogP contribution is 2.26. The molecule has 1 aromatic rings. The summed E-state index contributed by atoms with van der Waals surface area (Å²) in [6, 6.07) is 5.45. The van der Waals surface area contributed by atoms with Crippen LogP contribution in [0.2, 0.25) is 0 Å². The molecule has 1 amide bonds. The molecular formula is C17H28N2O3S. The van der Waals surface area contributed by atoms with Crippen LogP contribution in [0, 0.1) is 0 Å². The highest BCUT2D eigenvalue weighted by molar-refractivity contribution is 7.92. The van der Waals surface area contributed by atoms with Crippen molar-refractivity contribution in [1.82, 2.24) is 4.90 Å². The van der Waals surface area contributed by atoms with E-state index in [1.54, 1.807) is 18.0 Å². The fraction of sp³-hybridized carbons (Fsp3) is 0.588. The second-order valence-electron chi connectivity index (χ2n) is 6.37. The van der Waals surface area contributed by atoms with Gasteiger partial charge in [-0.1, -0.05) is 20.8 Å². The van der Waals surface area contributed by atoms with Crippen LogP contribution in [0.1, 0.15) is 56.0 Å². The van der Waals surface area contributed by atoms with Gasteiger partial charge in [-0.05, 0) is 43.0 Å². The third-order valence-electron chi connectivity index (χ3n) is 4.29. The number of benzene rings is 1. The first-order valence-corrected chi connectivity index (χ1v) is 9.69. The minimum Gasteiger partial charge on any atom is -0.339 e. The average molecular weight is 340 g/mol. The van der Waals surface area contributed by atoms with Gasteiger partial charge in [-0.2, -0.15) is 0 Å². The summed E-state index contributed by atoms with van der Waals surface area (Å²) in [5, 5.41) is 0. The predicted octanol–water partition coefficient (Wildman–Crippen LogP) is 3.08. The normalized spacial score (nSPS) is 13.0. The van der Waals surface area contributed by atoms with Crippen LogP contribution in [0.5, 0.6) is 0 Å². The Bertz CT molecular complexity index is 668. The SMILES string of the molecule is CCC(C)N(C)C(=O)c1cc(C(C)C)cc(N(C)S(C)(=O)=O)c1. The van der Waals surface area contributed by atoms with Crippen LogP contribution in [0.25, 0.3) is 0 Å². The van der Waals surface area contributed by atoms with E-state index in [2.05, 4.69) is 0 Å². The largest absolute Gasteiger partial charge is 0.339 e. The molecule has 1 unspecified atom stereocenters. The van der Waals surface area contributed by atoms with Crippen molar-refractivity contribution in [1.29, 1.82) is 0 Å². The Morgan fingerprint density at radius 3 is 2.13 bits per heavy atom. The van der Waals surface area contributed by atoms with Crippen LogP contribution >= 0.6 is 0 Å². The molecule has 0 aliphatic heterocycles. The number of carbonyl (C=O) groups is 1. The zero-order valence-corrected chi connectivity index (χ0v) is 15.9. The van der Waals surface area contributed by atoms with Crippen molar-refractivity contribution in [3.63, 3.8) is 0 Å². The van der Waals surface area contributed by atoms with E-state index in [1.807, 2.05) is 39.8 Å². The number of rotatable bonds is 6. The third-order valence-corrected chi connectivity index (χ3v) is 5.49. The topological polar surface area (TPSA) is 57.7 Å². The molecule has 1 rings (SSSR count). The second kappa shape index (κ2) is 7.34. The lowest BCUT2D eigenvalue weighted by molar-refractivity contribution is 0.0740. The number of hydrogen-bond acceptors (Lipinski definition) is 3. The maximum atomic E-state index is 12.7. The summed E-state index contributed by atoms with van der Waals surface area (Å²) in [6.45, 7) is 8.06. The molecule has 1 atom stereocenters. The summed E-state index contributed by atoms with van der Waals surface area (Å²) in [7, 11) is -0.0959. The summed E-state index contributed by atoms with van der Waals surface area (Å²) in [5.74, 6) is 0.105. The number of carbonyl (C=O) groups excluding carboxylic acids is 1. The fourth-order valence-electron chi connectivity index (χ4n) is 2.14. The Balaban J connectivity index is 3.38. The lowest BCUT2D eigenvalue weighted by atomic mass is 9.99. The Labute approximate surface area is 140 Å². The lowest BCUT2D eigenvalue weighted by Gasteiger charge is -2.25. The maximum absolute atomic E-state index is 12.7. The van der Waals surface area contributed by atoms with Crippen molar-refractivity contribution in [3.05, 3.63) is 29.3 Å². The van der Waals surface area contributed by atoms with E-state index in [4.69, 9.17) is 0 Å².